The Kier molecular flexibility index (Phi) is 5.92. The molecule has 3 rings (SSSR count). The maximum atomic E-state index is 12.4. The smallest absolute Gasteiger partial charge is 0.223 e. The van der Waals surface area contributed by atoms with Gasteiger partial charge in [-0.2, -0.15) is 0 Å². The molecule has 21 heavy (non-hydrogen) atoms. The minimum absolute atomic E-state index is 0. The maximum absolute atomic E-state index is 12.4. The number of hydrogen-bond acceptors (Lipinski definition) is 3. The van der Waals surface area contributed by atoms with Gasteiger partial charge in [0, 0.05) is 24.6 Å². The monoisotopic (exact) mass is 316 g/mol. The van der Waals surface area contributed by atoms with Crippen LogP contribution in [0.2, 0.25) is 0 Å². The molecule has 4 nitrogen and oxygen atoms in total. The fourth-order valence-corrected chi connectivity index (χ4v) is 4.21. The minimum Gasteiger partial charge on any atom is -0.375 e. The first-order chi connectivity index (χ1) is 9.67. The summed E-state index contributed by atoms with van der Waals surface area (Å²) < 4.78 is 6.04. The molecule has 2 N–H and O–H groups in total. The van der Waals surface area contributed by atoms with Crippen molar-refractivity contribution in [3.05, 3.63) is 0 Å². The zero-order valence-electron chi connectivity index (χ0n) is 13.0. The molecular formula is C16H29ClN2O2. The molecule has 1 unspecified atom stereocenters. The van der Waals surface area contributed by atoms with Crippen molar-refractivity contribution in [1.82, 2.24) is 10.6 Å². The van der Waals surface area contributed by atoms with Crippen LogP contribution in [0.5, 0.6) is 0 Å². The van der Waals surface area contributed by atoms with Crippen molar-refractivity contribution >= 4 is 18.3 Å². The van der Waals surface area contributed by atoms with Crippen molar-refractivity contribution in [2.24, 2.45) is 5.92 Å². The van der Waals surface area contributed by atoms with E-state index in [0.717, 1.165) is 38.8 Å². The lowest BCUT2D eigenvalue weighted by Gasteiger charge is -2.39. The number of piperidine rings is 1. The molecule has 3 atom stereocenters. The van der Waals surface area contributed by atoms with Gasteiger partial charge in [0.15, 0.2) is 0 Å². The van der Waals surface area contributed by atoms with Crippen LogP contribution in [0.4, 0.5) is 0 Å². The molecule has 2 heterocycles. The van der Waals surface area contributed by atoms with Crippen molar-refractivity contribution in [2.75, 3.05) is 13.2 Å². The molecular weight excluding hydrogens is 288 g/mol. The van der Waals surface area contributed by atoms with Crippen LogP contribution >= 0.6 is 12.4 Å². The van der Waals surface area contributed by atoms with E-state index in [2.05, 4.69) is 17.6 Å². The molecule has 1 aliphatic carbocycles. The third-order valence-corrected chi connectivity index (χ3v) is 5.35. The van der Waals surface area contributed by atoms with Crippen LogP contribution in [-0.4, -0.2) is 36.7 Å². The Morgan fingerprint density at radius 2 is 2.05 bits per heavy atom. The van der Waals surface area contributed by atoms with Crippen LogP contribution in [0.1, 0.15) is 58.3 Å². The average molecular weight is 317 g/mol. The predicted molar refractivity (Wildman–Crippen MR) is 85.8 cm³/mol. The quantitative estimate of drug-likeness (QED) is 0.822. The maximum Gasteiger partial charge on any atom is 0.223 e. The molecule has 1 saturated carbocycles. The second-order valence-corrected chi connectivity index (χ2v) is 7.01. The summed E-state index contributed by atoms with van der Waals surface area (Å²) in [7, 11) is 0. The summed E-state index contributed by atoms with van der Waals surface area (Å²) in [5.41, 5.74) is 0.0948. The third-order valence-electron chi connectivity index (χ3n) is 5.35. The number of halogens is 1. The molecule has 1 amide bonds. The number of hydrogen-bond donors (Lipinski definition) is 2. The van der Waals surface area contributed by atoms with E-state index in [4.69, 9.17) is 4.74 Å². The number of amides is 1. The molecule has 0 aromatic carbocycles. The van der Waals surface area contributed by atoms with Crippen LogP contribution in [0, 0.1) is 5.92 Å². The van der Waals surface area contributed by atoms with E-state index in [1.807, 2.05) is 0 Å². The summed E-state index contributed by atoms with van der Waals surface area (Å²) in [6, 6.07) is 0.801. The first-order valence-electron chi connectivity index (χ1n) is 8.35. The average Bonchev–Trinajstić information content (AvgIpc) is 2.87. The normalized spacial score (nSPS) is 35.2. The zero-order valence-corrected chi connectivity index (χ0v) is 13.8. The van der Waals surface area contributed by atoms with Gasteiger partial charge in [0.25, 0.3) is 0 Å². The highest BCUT2D eigenvalue weighted by Crippen LogP contribution is 2.40. The van der Waals surface area contributed by atoms with Crippen LogP contribution in [0.15, 0.2) is 0 Å². The first-order valence-corrected chi connectivity index (χ1v) is 8.35. The van der Waals surface area contributed by atoms with Crippen molar-refractivity contribution in [3.8, 4) is 0 Å². The van der Waals surface area contributed by atoms with Crippen molar-refractivity contribution in [2.45, 2.75) is 76.0 Å². The van der Waals surface area contributed by atoms with Crippen LogP contribution in [0.25, 0.3) is 0 Å². The summed E-state index contributed by atoms with van der Waals surface area (Å²) in [6.45, 7) is 3.95. The van der Waals surface area contributed by atoms with E-state index in [-0.39, 0.29) is 29.8 Å². The topological polar surface area (TPSA) is 50.4 Å². The number of carbonyl (C=O) groups excluding carboxylic acids is 1. The second-order valence-electron chi connectivity index (χ2n) is 7.01. The Bertz CT molecular complexity index is 358. The Balaban J connectivity index is 0.00000161. The van der Waals surface area contributed by atoms with Crippen molar-refractivity contribution in [1.29, 1.82) is 0 Å². The molecule has 5 heteroatoms. The number of ether oxygens (including phenoxy) is 1. The molecule has 0 aromatic rings. The summed E-state index contributed by atoms with van der Waals surface area (Å²) in [5, 5.41) is 6.72. The van der Waals surface area contributed by atoms with Gasteiger partial charge < -0.3 is 15.4 Å². The fraction of sp³-hybridized carbons (Fsp3) is 0.938. The lowest BCUT2D eigenvalue weighted by atomic mass is 9.87. The van der Waals surface area contributed by atoms with Gasteiger partial charge in [-0.3, -0.25) is 4.79 Å². The summed E-state index contributed by atoms with van der Waals surface area (Å²) in [6.07, 6.45) is 8.89. The summed E-state index contributed by atoms with van der Waals surface area (Å²) >= 11 is 0. The van der Waals surface area contributed by atoms with Crippen molar-refractivity contribution in [3.63, 3.8) is 0 Å². The standard InChI is InChI=1S/C16H28N2O2.ClH/c1-12-10-13(4-8-17-12)15(19)18-14-5-9-20-16(11-14)6-2-3-7-16;/h12-14,17H,2-11H2,1H3,(H,18,19);1H/t12-,13-,14?;/m0./s1. The van der Waals surface area contributed by atoms with E-state index in [1.54, 1.807) is 0 Å². The van der Waals surface area contributed by atoms with Gasteiger partial charge in [-0.15, -0.1) is 12.4 Å². The zero-order chi connectivity index (χ0) is 14.0. The van der Waals surface area contributed by atoms with E-state index in [9.17, 15) is 4.79 Å². The highest BCUT2D eigenvalue weighted by Gasteiger charge is 2.40. The highest BCUT2D eigenvalue weighted by molar-refractivity contribution is 5.85. The van der Waals surface area contributed by atoms with E-state index in [0.29, 0.717) is 12.1 Å². The SMILES string of the molecule is C[C@H]1C[C@@H](C(=O)NC2CCOC3(CCCC3)C2)CCN1.Cl. The van der Waals surface area contributed by atoms with Crippen molar-refractivity contribution < 1.29 is 9.53 Å². The largest absolute Gasteiger partial charge is 0.375 e. The molecule has 122 valence electrons. The van der Waals surface area contributed by atoms with Gasteiger partial charge in [-0.05, 0) is 52.0 Å². The van der Waals surface area contributed by atoms with Gasteiger partial charge in [0.05, 0.1) is 5.60 Å². The summed E-state index contributed by atoms with van der Waals surface area (Å²) in [5.74, 6) is 0.479. The first kappa shape index (κ1) is 17.0. The Labute approximate surface area is 134 Å². The molecule has 1 spiro atoms. The van der Waals surface area contributed by atoms with Crippen LogP contribution < -0.4 is 10.6 Å². The molecule has 2 aliphatic heterocycles. The lowest BCUT2D eigenvalue weighted by molar-refractivity contribution is -0.130. The number of carbonyl (C=O) groups is 1. The van der Waals surface area contributed by atoms with E-state index >= 15 is 0 Å². The van der Waals surface area contributed by atoms with Gasteiger partial charge in [0.1, 0.15) is 0 Å². The van der Waals surface area contributed by atoms with E-state index < -0.39 is 0 Å². The van der Waals surface area contributed by atoms with Gasteiger partial charge in [-0.1, -0.05) is 12.8 Å². The van der Waals surface area contributed by atoms with Crippen LogP contribution in [-0.2, 0) is 9.53 Å². The molecule has 0 bridgehead atoms. The predicted octanol–water partition coefficient (Wildman–Crippen LogP) is 2.40. The fourth-order valence-electron chi connectivity index (χ4n) is 4.21. The lowest BCUT2D eigenvalue weighted by Crippen LogP contribution is -2.50. The molecule has 0 aromatic heterocycles. The number of nitrogens with one attached hydrogen (secondary N) is 2. The summed E-state index contributed by atoms with van der Waals surface area (Å²) in [4.78, 5) is 12.4. The molecule has 3 aliphatic rings. The second kappa shape index (κ2) is 7.30. The van der Waals surface area contributed by atoms with Crippen LogP contribution in [0.3, 0.4) is 0 Å². The van der Waals surface area contributed by atoms with E-state index in [1.165, 1.54) is 25.7 Å². The molecule has 3 fully saturated rings. The minimum atomic E-state index is 0. The van der Waals surface area contributed by atoms with Gasteiger partial charge in [0.2, 0.25) is 5.91 Å². The third kappa shape index (κ3) is 4.11. The number of rotatable bonds is 2. The van der Waals surface area contributed by atoms with Gasteiger partial charge >= 0.3 is 0 Å². The molecule has 2 saturated heterocycles. The van der Waals surface area contributed by atoms with Gasteiger partial charge in [-0.25, -0.2) is 0 Å². The Morgan fingerprint density at radius 1 is 1.29 bits per heavy atom. The molecule has 0 radical (unpaired) electrons. The Hall–Kier alpha value is -0.320. The highest BCUT2D eigenvalue weighted by atomic mass is 35.5. The Morgan fingerprint density at radius 3 is 2.76 bits per heavy atom.